The molecule has 1 atom stereocenters. The number of carbonyl (C=O) groups excluding carboxylic acids is 1. The van der Waals surface area contributed by atoms with Crippen LogP contribution in [0.4, 0.5) is 0 Å². The molecule has 0 aromatic heterocycles. The highest BCUT2D eigenvalue weighted by Crippen LogP contribution is 2.41. The van der Waals surface area contributed by atoms with Gasteiger partial charge in [0.1, 0.15) is 0 Å². The van der Waals surface area contributed by atoms with Gasteiger partial charge in [0.05, 0.1) is 26.7 Å². The fraction of sp³-hybridized carbons (Fsp3) is 0.500. The number of nitrogens with zero attached hydrogens (tertiary/aromatic N) is 1. The maximum atomic E-state index is 12.2. The fourth-order valence-corrected chi connectivity index (χ4v) is 5.03. The van der Waals surface area contributed by atoms with Gasteiger partial charge in [-0.1, -0.05) is 29.3 Å². The number of halogens is 2. The summed E-state index contributed by atoms with van der Waals surface area (Å²) < 4.78 is 24.4. The minimum Gasteiger partial charge on any atom is -0.348 e. The van der Waals surface area contributed by atoms with Gasteiger partial charge < -0.3 is 10.2 Å². The number of nitrogens with one attached hydrogen (secondary N) is 1. The van der Waals surface area contributed by atoms with Gasteiger partial charge in [-0.15, -0.1) is 0 Å². The van der Waals surface area contributed by atoms with Crippen molar-refractivity contribution in [2.45, 2.75) is 23.8 Å². The van der Waals surface area contributed by atoms with Crippen LogP contribution in [0.1, 0.15) is 24.4 Å². The molecule has 1 heterocycles. The molecule has 1 amide bonds. The minimum absolute atomic E-state index is 0.0310. The van der Waals surface area contributed by atoms with E-state index in [1.54, 1.807) is 12.1 Å². The molecule has 1 N–H and O–H groups in total. The van der Waals surface area contributed by atoms with Gasteiger partial charge in [-0.25, -0.2) is 8.42 Å². The quantitative estimate of drug-likeness (QED) is 0.870. The summed E-state index contributed by atoms with van der Waals surface area (Å²) in [6, 6.07) is 2.59. The molecule has 0 saturated heterocycles. The Morgan fingerprint density at radius 1 is 1.36 bits per heavy atom. The summed E-state index contributed by atoms with van der Waals surface area (Å²) in [6.07, 6.45) is 1.07. The number of benzene rings is 1. The van der Waals surface area contributed by atoms with Crippen LogP contribution in [0, 0.1) is 0 Å². The van der Waals surface area contributed by atoms with Crippen LogP contribution in [0.2, 0.25) is 10.0 Å². The van der Waals surface area contributed by atoms with Crippen molar-refractivity contribution in [3.05, 3.63) is 27.7 Å². The lowest BCUT2D eigenvalue weighted by molar-refractivity contribution is -0.121. The van der Waals surface area contributed by atoms with E-state index in [2.05, 4.69) is 5.32 Å². The molecule has 1 aromatic carbocycles. The molecule has 122 valence electrons. The van der Waals surface area contributed by atoms with Crippen LogP contribution in [0.25, 0.3) is 0 Å². The monoisotopic (exact) mass is 364 g/mol. The van der Waals surface area contributed by atoms with Crippen molar-refractivity contribution in [3.63, 3.8) is 0 Å². The topological polar surface area (TPSA) is 66.5 Å². The zero-order valence-electron chi connectivity index (χ0n) is 12.4. The van der Waals surface area contributed by atoms with Crippen LogP contribution >= 0.6 is 23.2 Å². The Morgan fingerprint density at radius 3 is 2.68 bits per heavy atom. The van der Waals surface area contributed by atoms with Gasteiger partial charge in [-0.3, -0.25) is 4.79 Å². The Balaban J connectivity index is 2.13. The first-order valence-electron chi connectivity index (χ1n) is 6.87. The lowest BCUT2D eigenvalue weighted by Gasteiger charge is -2.14. The molecule has 0 fully saturated rings. The van der Waals surface area contributed by atoms with Crippen LogP contribution < -0.4 is 5.32 Å². The zero-order chi connectivity index (χ0) is 16.5. The maximum Gasteiger partial charge on any atom is 0.220 e. The first-order chi connectivity index (χ1) is 10.2. The third kappa shape index (κ3) is 3.74. The van der Waals surface area contributed by atoms with Crippen molar-refractivity contribution < 1.29 is 13.2 Å². The third-order valence-corrected chi connectivity index (χ3v) is 6.25. The van der Waals surface area contributed by atoms with Crippen LogP contribution in [0.5, 0.6) is 0 Å². The van der Waals surface area contributed by atoms with E-state index in [1.165, 1.54) is 0 Å². The Kier molecular flexibility index (Phi) is 5.37. The zero-order valence-corrected chi connectivity index (χ0v) is 14.7. The molecule has 1 unspecified atom stereocenters. The predicted molar refractivity (Wildman–Crippen MR) is 87.2 cm³/mol. The van der Waals surface area contributed by atoms with E-state index in [-0.39, 0.29) is 26.6 Å². The summed E-state index contributed by atoms with van der Waals surface area (Å²) in [5.74, 6) is -0.345. The lowest BCUT2D eigenvalue weighted by atomic mass is 10.1. The summed E-state index contributed by atoms with van der Waals surface area (Å²) in [5, 5.41) is 3.00. The Labute approximate surface area is 140 Å². The second kappa shape index (κ2) is 6.74. The number of amides is 1. The van der Waals surface area contributed by atoms with Crippen molar-refractivity contribution >= 4 is 38.9 Å². The molecule has 5 nitrogen and oxygen atoms in total. The van der Waals surface area contributed by atoms with E-state index < -0.39 is 15.9 Å². The Morgan fingerprint density at radius 2 is 2.05 bits per heavy atom. The van der Waals surface area contributed by atoms with Gasteiger partial charge >= 0.3 is 0 Å². The van der Waals surface area contributed by atoms with Crippen LogP contribution in [-0.2, 0) is 14.6 Å². The fourth-order valence-electron chi connectivity index (χ4n) is 2.47. The van der Waals surface area contributed by atoms with E-state index >= 15 is 0 Å². The standard InChI is InChI=1S/C14H18Cl2N2O3S/c1-18(2)7-3-4-12(19)17-11-8-22(20,21)14-9(11)5-6-10(15)13(14)16/h5-6,11H,3-4,7-8H2,1-2H3,(H,17,19). The average Bonchev–Trinajstić information content (AvgIpc) is 2.64. The molecule has 2 rings (SSSR count). The first-order valence-corrected chi connectivity index (χ1v) is 9.28. The van der Waals surface area contributed by atoms with Crippen molar-refractivity contribution in [2.75, 3.05) is 26.4 Å². The van der Waals surface area contributed by atoms with E-state index in [0.29, 0.717) is 18.4 Å². The molecule has 1 aromatic rings. The van der Waals surface area contributed by atoms with Gasteiger partial charge in [-0.2, -0.15) is 0 Å². The molecule has 0 radical (unpaired) electrons. The Bertz CT molecular complexity index is 690. The highest BCUT2D eigenvalue weighted by atomic mass is 35.5. The molecule has 1 aliphatic heterocycles. The number of rotatable bonds is 5. The van der Waals surface area contributed by atoms with E-state index in [0.717, 1.165) is 6.54 Å². The van der Waals surface area contributed by atoms with Crippen LogP contribution in [0.3, 0.4) is 0 Å². The smallest absolute Gasteiger partial charge is 0.220 e. The van der Waals surface area contributed by atoms with Crippen molar-refractivity contribution in [2.24, 2.45) is 0 Å². The molecule has 0 saturated carbocycles. The number of carbonyl (C=O) groups is 1. The normalized spacial score (nSPS) is 19.2. The summed E-state index contributed by atoms with van der Waals surface area (Å²) in [4.78, 5) is 14.0. The second-order valence-electron chi connectivity index (χ2n) is 5.59. The third-order valence-electron chi connectivity index (χ3n) is 3.50. The molecule has 1 aliphatic rings. The summed E-state index contributed by atoms with van der Waals surface area (Å²) in [6.45, 7) is 0.800. The largest absolute Gasteiger partial charge is 0.348 e. The van der Waals surface area contributed by atoms with E-state index in [9.17, 15) is 13.2 Å². The van der Waals surface area contributed by atoms with Crippen molar-refractivity contribution in [1.82, 2.24) is 10.2 Å². The first kappa shape index (κ1) is 17.5. The molecule has 0 spiro atoms. The van der Waals surface area contributed by atoms with Gasteiger partial charge in [0.25, 0.3) is 0 Å². The molecule has 0 bridgehead atoms. The molecule has 8 heteroatoms. The van der Waals surface area contributed by atoms with E-state index in [4.69, 9.17) is 23.2 Å². The second-order valence-corrected chi connectivity index (χ2v) is 8.34. The summed E-state index contributed by atoms with van der Waals surface area (Å²) in [5.41, 5.74) is 0.510. The highest BCUT2D eigenvalue weighted by molar-refractivity contribution is 7.92. The number of fused-ring (bicyclic) bond motifs is 1. The van der Waals surface area contributed by atoms with Gasteiger partial charge in [0, 0.05) is 6.42 Å². The maximum absolute atomic E-state index is 12.2. The van der Waals surface area contributed by atoms with Gasteiger partial charge in [-0.05, 0) is 38.7 Å². The number of sulfone groups is 1. The molecular formula is C14H18Cl2N2O3S. The van der Waals surface area contributed by atoms with Crippen LogP contribution in [-0.4, -0.2) is 45.6 Å². The van der Waals surface area contributed by atoms with Crippen LogP contribution in [0.15, 0.2) is 17.0 Å². The summed E-state index contributed by atoms with van der Waals surface area (Å²) in [7, 11) is 0.341. The predicted octanol–water partition coefficient (Wildman–Crippen LogP) is 2.28. The number of hydrogen-bond acceptors (Lipinski definition) is 4. The van der Waals surface area contributed by atoms with Crippen molar-refractivity contribution in [1.29, 1.82) is 0 Å². The Hall–Kier alpha value is -0.820. The van der Waals surface area contributed by atoms with Crippen molar-refractivity contribution in [3.8, 4) is 0 Å². The van der Waals surface area contributed by atoms with E-state index in [1.807, 2.05) is 19.0 Å². The minimum atomic E-state index is -3.53. The highest BCUT2D eigenvalue weighted by Gasteiger charge is 2.38. The lowest BCUT2D eigenvalue weighted by Crippen LogP contribution is -2.30. The van der Waals surface area contributed by atoms with Gasteiger partial charge in [0.15, 0.2) is 9.84 Å². The summed E-state index contributed by atoms with van der Waals surface area (Å²) >= 11 is 11.9. The SMILES string of the molecule is CN(C)CCCC(=O)NC1CS(=O)(=O)c2c1ccc(Cl)c2Cl. The van der Waals surface area contributed by atoms with Gasteiger partial charge in [0.2, 0.25) is 5.91 Å². The molecule has 22 heavy (non-hydrogen) atoms. The molecule has 0 aliphatic carbocycles. The molecular weight excluding hydrogens is 347 g/mol. The average molecular weight is 365 g/mol. The number of hydrogen-bond donors (Lipinski definition) is 1.